The third-order valence-corrected chi connectivity index (χ3v) is 6.01. The van der Waals surface area contributed by atoms with Crippen molar-refractivity contribution in [3.8, 4) is 5.75 Å². The largest absolute Gasteiger partial charge is 0.497 e. The number of carbonyl (C=O) groups excluding carboxylic acids is 3. The summed E-state index contributed by atoms with van der Waals surface area (Å²) in [5.41, 5.74) is 0.303. The Balaban J connectivity index is 1.60. The van der Waals surface area contributed by atoms with Crippen molar-refractivity contribution >= 4 is 17.8 Å². The number of likely N-dealkylation sites (tertiary alicyclic amines) is 1. The van der Waals surface area contributed by atoms with Crippen LogP contribution in [0, 0.1) is 5.92 Å². The molecule has 2 fully saturated rings. The van der Waals surface area contributed by atoms with Gasteiger partial charge in [0, 0.05) is 33.1 Å². The summed E-state index contributed by atoms with van der Waals surface area (Å²) in [4.78, 5) is 43.0. The summed E-state index contributed by atoms with van der Waals surface area (Å²) in [6.07, 6.45) is 2.11. The molecule has 7 nitrogen and oxygen atoms in total. The molecule has 2 aliphatic rings. The first-order chi connectivity index (χ1) is 13.8. The Morgan fingerprint density at radius 2 is 1.76 bits per heavy atom. The standard InChI is InChI=1S/C22H31N3O4/c1-16(2)15-25-21(28)23(3)20(27)22(25)11-13-24(14-12-22)19(26)10-7-17-5-8-18(29-4)9-6-17/h5-6,8-9,16H,7,10-15H2,1-4H3. The van der Waals surface area contributed by atoms with Crippen molar-refractivity contribution in [3.05, 3.63) is 29.8 Å². The predicted molar refractivity (Wildman–Crippen MR) is 110 cm³/mol. The molecule has 0 atom stereocenters. The Hall–Kier alpha value is -2.57. The molecule has 29 heavy (non-hydrogen) atoms. The molecule has 2 saturated heterocycles. The van der Waals surface area contributed by atoms with Crippen LogP contribution in [0.3, 0.4) is 0 Å². The van der Waals surface area contributed by atoms with Crippen LogP contribution < -0.4 is 4.74 Å². The minimum Gasteiger partial charge on any atom is -0.497 e. The van der Waals surface area contributed by atoms with Crippen LogP contribution in [0.2, 0.25) is 0 Å². The van der Waals surface area contributed by atoms with Crippen molar-refractivity contribution in [1.29, 1.82) is 0 Å². The van der Waals surface area contributed by atoms with E-state index in [9.17, 15) is 14.4 Å². The molecule has 0 radical (unpaired) electrons. The summed E-state index contributed by atoms with van der Waals surface area (Å²) in [5.74, 6) is 1.04. The molecule has 0 bridgehead atoms. The van der Waals surface area contributed by atoms with Crippen molar-refractivity contribution < 1.29 is 19.1 Å². The number of carbonyl (C=O) groups is 3. The van der Waals surface area contributed by atoms with E-state index in [4.69, 9.17) is 4.74 Å². The van der Waals surface area contributed by atoms with Crippen molar-refractivity contribution in [2.24, 2.45) is 5.92 Å². The van der Waals surface area contributed by atoms with Gasteiger partial charge in [0.25, 0.3) is 5.91 Å². The minimum absolute atomic E-state index is 0.0937. The maximum absolute atomic E-state index is 12.9. The fourth-order valence-corrected chi connectivity index (χ4v) is 4.31. The van der Waals surface area contributed by atoms with Crippen molar-refractivity contribution in [1.82, 2.24) is 14.7 Å². The second kappa shape index (κ2) is 8.43. The number of hydrogen-bond acceptors (Lipinski definition) is 4. The first-order valence-corrected chi connectivity index (χ1v) is 10.3. The maximum atomic E-state index is 12.9. The molecule has 0 saturated carbocycles. The van der Waals surface area contributed by atoms with Crippen LogP contribution in [0.4, 0.5) is 4.79 Å². The van der Waals surface area contributed by atoms with Crippen LogP contribution in [-0.4, -0.2) is 71.9 Å². The van der Waals surface area contributed by atoms with E-state index in [2.05, 4.69) is 0 Å². The molecule has 158 valence electrons. The van der Waals surface area contributed by atoms with Gasteiger partial charge in [0.05, 0.1) is 7.11 Å². The number of likely N-dealkylation sites (N-methyl/N-ethyl adjacent to an activating group) is 1. The second-order valence-electron chi connectivity index (χ2n) is 8.41. The summed E-state index contributed by atoms with van der Waals surface area (Å²) in [5, 5.41) is 0. The van der Waals surface area contributed by atoms with Gasteiger partial charge in [0.2, 0.25) is 5.91 Å². The molecule has 1 spiro atoms. The lowest BCUT2D eigenvalue weighted by Crippen LogP contribution is -2.58. The molecule has 1 aromatic rings. The smallest absolute Gasteiger partial charge is 0.327 e. The van der Waals surface area contributed by atoms with Gasteiger partial charge in [-0.15, -0.1) is 0 Å². The zero-order valence-corrected chi connectivity index (χ0v) is 17.8. The van der Waals surface area contributed by atoms with Crippen molar-refractivity contribution in [2.75, 3.05) is 33.8 Å². The Morgan fingerprint density at radius 1 is 1.14 bits per heavy atom. The first-order valence-electron chi connectivity index (χ1n) is 10.3. The van der Waals surface area contributed by atoms with E-state index in [1.807, 2.05) is 43.0 Å². The molecule has 2 heterocycles. The number of aryl methyl sites for hydroxylation is 1. The summed E-state index contributed by atoms with van der Waals surface area (Å²) in [6, 6.07) is 7.52. The number of methoxy groups -OCH3 is 1. The van der Waals surface area contributed by atoms with Gasteiger partial charge in [-0.2, -0.15) is 0 Å². The van der Waals surface area contributed by atoms with Gasteiger partial charge in [-0.3, -0.25) is 14.5 Å². The van der Waals surface area contributed by atoms with Crippen LogP contribution in [0.25, 0.3) is 0 Å². The molecule has 3 rings (SSSR count). The Morgan fingerprint density at radius 3 is 2.31 bits per heavy atom. The highest BCUT2D eigenvalue weighted by Crippen LogP contribution is 2.37. The molecule has 0 aliphatic carbocycles. The van der Waals surface area contributed by atoms with Crippen molar-refractivity contribution in [3.63, 3.8) is 0 Å². The molecule has 0 N–H and O–H groups in total. The number of piperidine rings is 1. The third-order valence-electron chi connectivity index (χ3n) is 6.01. The number of nitrogens with zero attached hydrogens (tertiary/aromatic N) is 3. The highest BCUT2D eigenvalue weighted by Gasteiger charge is 2.57. The SMILES string of the molecule is COc1ccc(CCC(=O)N2CCC3(CC2)C(=O)N(C)C(=O)N3CC(C)C)cc1. The van der Waals surface area contributed by atoms with Gasteiger partial charge < -0.3 is 14.5 Å². The quantitative estimate of drug-likeness (QED) is 0.687. The van der Waals surface area contributed by atoms with E-state index >= 15 is 0 Å². The molecular formula is C22H31N3O4. The fourth-order valence-electron chi connectivity index (χ4n) is 4.31. The van der Waals surface area contributed by atoms with Crippen LogP contribution in [0.15, 0.2) is 24.3 Å². The number of urea groups is 1. The van der Waals surface area contributed by atoms with Crippen LogP contribution >= 0.6 is 0 Å². The van der Waals surface area contributed by atoms with Gasteiger partial charge in [-0.05, 0) is 42.9 Å². The topological polar surface area (TPSA) is 70.2 Å². The fraction of sp³-hybridized carbons (Fsp3) is 0.591. The van der Waals surface area contributed by atoms with E-state index in [-0.39, 0.29) is 23.8 Å². The van der Waals surface area contributed by atoms with Gasteiger partial charge in [0.15, 0.2) is 0 Å². The number of imide groups is 1. The maximum Gasteiger partial charge on any atom is 0.327 e. The number of ether oxygens (including phenoxy) is 1. The molecule has 4 amide bonds. The lowest BCUT2D eigenvalue weighted by atomic mass is 9.85. The molecular weight excluding hydrogens is 370 g/mol. The number of benzene rings is 1. The van der Waals surface area contributed by atoms with Gasteiger partial charge >= 0.3 is 6.03 Å². The Kier molecular flexibility index (Phi) is 6.15. The van der Waals surface area contributed by atoms with Crippen LogP contribution in [-0.2, 0) is 16.0 Å². The van der Waals surface area contributed by atoms with Gasteiger partial charge in [-0.25, -0.2) is 4.79 Å². The molecule has 0 unspecified atom stereocenters. The Bertz CT molecular complexity index is 767. The molecule has 7 heteroatoms. The zero-order valence-electron chi connectivity index (χ0n) is 17.8. The molecule has 1 aromatic carbocycles. The molecule has 2 aliphatic heterocycles. The zero-order chi connectivity index (χ0) is 21.2. The highest BCUT2D eigenvalue weighted by atomic mass is 16.5. The predicted octanol–water partition coefficient (Wildman–Crippen LogP) is 2.54. The number of rotatable bonds is 6. The van der Waals surface area contributed by atoms with E-state index in [1.54, 1.807) is 19.1 Å². The summed E-state index contributed by atoms with van der Waals surface area (Å²) in [7, 11) is 3.18. The minimum atomic E-state index is -0.789. The third kappa shape index (κ3) is 4.09. The van der Waals surface area contributed by atoms with E-state index in [1.165, 1.54) is 4.90 Å². The summed E-state index contributed by atoms with van der Waals surface area (Å²) in [6.45, 7) is 5.65. The lowest BCUT2D eigenvalue weighted by Gasteiger charge is -2.42. The van der Waals surface area contributed by atoms with E-state index < -0.39 is 5.54 Å². The highest BCUT2D eigenvalue weighted by molar-refractivity contribution is 6.07. The average molecular weight is 402 g/mol. The summed E-state index contributed by atoms with van der Waals surface area (Å²) >= 11 is 0. The van der Waals surface area contributed by atoms with E-state index in [0.29, 0.717) is 45.3 Å². The first kappa shape index (κ1) is 21.1. The lowest BCUT2D eigenvalue weighted by molar-refractivity contribution is -0.140. The second-order valence-corrected chi connectivity index (χ2v) is 8.41. The normalized spacial score (nSPS) is 18.9. The number of hydrogen-bond donors (Lipinski definition) is 0. The van der Waals surface area contributed by atoms with Crippen LogP contribution in [0.5, 0.6) is 5.75 Å². The monoisotopic (exact) mass is 401 g/mol. The van der Waals surface area contributed by atoms with Crippen LogP contribution in [0.1, 0.15) is 38.7 Å². The molecule has 0 aromatic heterocycles. The summed E-state index contributed by atoms with van der Waals surface area (Å²) < 4.78 is 5.16. The Labute approximate surface area is 172 Å². The van der Waals surface area contributed by atoms with Gasteiger partial charge in [-0.1, -0.05) is 26.0 Å². The number of amides is 4. The van der Waals surface area contributed by atoms with Gasteiger partial charge in [0.1, 0.15) is 11.3 Å². The van der Waals surface area contributed by atoms with Crippen molar-refractivity contribution in [2.45, 2.75) is 45.1 Å². The average Bonchev–Trinajstić information content (AvgIpc) is 2.89. The van der Waals surface area contributed by atoms with E-state index in [0.717, 1.165) is 11.3 Å².